The molecule has 1 fully saturated rings. The van der Waals surface area contributed by atoms with Crippen LogP contribution in [-0.2, 0) is 4.79 Å². The van der Waals surface area contributed by atoms with Crippen LogP contribution < -0.4 is 11.1 Å². The molecule has 32 heavy (non-hydrogen) atoms. The van der Waals surface area contributed by atoms with Crippen molar-refractivity contribution in [3.63, 3.8) is 0 Å². The second-order valence-electron chi connectivity index (χ2n) is 7.36. The number of aliphatic carboxylic acids is 1. The van der Waals surface area contributed by atoms with E-state index in [0.717, 1.165) is 12.8 Å². The van der Waals surface area contributed by atoms with E-state index in [4.69, 9.17) is 22.7 Å². The highest BCUT2D eigenvalue weighted by molar-refractivity contribution is 6.34. The predicted octanol–water partition coefficient (Wildman–Crippen LogP) is 3.23. The zero-order valence-electron chi connectivity index (χ0n) is 17.1. The topological polar surface area (TPSA) is 137 Å². The van der Waals surface area contributed by atoms with E-state index >= 15 is 0 Å². The van der Waals surface area contributed by atoms with E-state index in [2.05, 4.69) is 5.32 Å². The van der Waals surface area contributed by atoms with Crippen molar-refractivity contribution in [2.45, 2.75) is 25.3 Å². The van der Waals surface area contributed by atoms with Gasteiger partial charge in [-0.2, -0.15) is 0 Å². The lowest BCUT2D eigenvalue weighted by Crippen LogP contribution is -2.31. The number of nitrogen functional groups attached to an aromatic ring is 1. The highest BCUT2D eigenvalue weighted by Gasteiger charge is 2.24. The van der Waals surface area contributed by atoms with Crippen LogP contribution in [0.15, 0.2) is 42.5 Å². The van der Waals surface area contributed by atoms with Crippen LogP contribution in [0.4, 0.5) is 0 Å². The lowest BCUT2D eigenvalue weighted by Gasteiger charge is -2.19. The lowest BCUT2D eigenvalue weighted by molar-refractivity contribution is -0.137. The van der Waals surface area contributed by atoms with Crippen LogP contribution in [0.2, 0.25) is 5.02 Å². The third kappa shape index (κ3) is 5.99. The van der Waals surface area contributed by atoms with Gasteiger partial charge in [-0.3, -0.25) is 19.8 Å². The third-order valence-electron chi connectivity index (χ3n) is 5.14. The van der Waals surface area contributed by atoms with Crippen molar-refractivity contribution >= 4 is 47.6 Å². The molecule has 1 atom stereocenters. The van der Waals surface area contributed by atoms with E-state index in [-0.39, 0.29) is 41.2 Å². The molecule has 2 aromatic rings. The molecule has 0 aliphatic carbocycles. The zero-order chi connectivity index (χ0) is 22.5. The van der Waals surface area contributed by atoms with E-state index in [1.54, 1.807) is 29.2 Å². The summed E-state index contributed by atoms with van der Waals surface area (Å²) in [6.07, 6.45) is 1.56. The fourth-order valence-corrected chi connectivity index (χ4v) is 3.77. The molecule has 0 spiro atoms. The maximum absolute atomic E-state index is 12.8. The Morgan fingerprint density at radius 2 is 1.81 bits per heavy atom. The number of halogens is 2. The third-order valence-corrected chi connectivity index (χ3v) is 5.45. The maximum Gasteiger partial charge on any atom is 0.305 e. The summed E-state index contributed by atoms with van der Waals surface area (Å²) in [6.45, 7) is 1.38. The SMILES string of the molecule is Cl.N=C(N)c1cccc(C(CC(=O)O)NC(=O)c2ccc(C(=O)N3CCCC3)c(Cl)c2)c1. The van der Waals surface area contributed by atoms with Crippen molar-refractivity contribution in [1.82, 2.24) is 10.2 Å². The van der Waals surface area contributed by atoms with Gasteiger partial charge in [0.15, 0.2) is 0 Å². The Bertz CT molecular complexity index is 1040. The second kappa shape index (κ2) is 11.0. The number of amidine groups is 1. The minimum absolute atomic E-state index is 0. The number of nitrogens with one attached hydrogen (secondary N) is 2. The number of carbonyl (C=O) groups excluding carboxylic acids is 2. The zero-order valence-corrected chi connectivity index (χ0v) is 18.7. The Morgan fingerprint density at radius 3 is 2.41 bits per heavy atom. The molecule has 10 heteroatoms. The van der Waals surface area contributed by atoms with Crippen LogP contribution >= 0.6 is 24.0 Å². The molecule has 0 saturated carbocycles. The van der Waals surface area contributed by atoms with Gasteiger partial charge in [0, 0.05) is 24.2 Å². The second-order valence-corrected chi connectivity index (χ2v) is 7.76. The number of likely N-dealkylation sites (tertiary alicyclic amines) is 1. The lowest BCUT2D eigenvalue weighted by atomic mass is 10.00. The van der Waals surface area contributed by atoms with E-state index in [1.165, 1.54) is 18.2 Å². The van der Waals surface area contributed by atoms with Gasteiger partial charge in [0.25, 0.3) is 11.8 Å². The van der Waals surface area contributed by atoms with Gasteiger partial charge in [-0.25, -0.2) is 0 Å². The number of nitrogens with zero attached hydrogens (tertiary/aromatic N) is 1. The molecule has 3 rings (SSSR count). The summed E-state index contributed by atoms with van der Waals surface area (Å²) < 4.78 is 0. The van der Waals surface area contributed by atoms with E-state index in [1.807, 2.05) is 0 Å². The molecule has 5 N–H and O–H groups in total. The summed E-state index contributed by atoms with van der Waals surface area (Å²) in [7, 11) is 0. The number of benzene rings is 2. The first-order valence-corrected chi connectivity index (χ1v) is 10.2. The average molecular weight is 479 g/mol. The number of carboxylic acids is 1. The molecule has 1 aliphatic heterocycles. The number of rotatable bonds is 7. The van der Waals surface area contributed by atoms with Crippen molar-refractivity contribution in [2.75, 3.05) is 13.1 Å². The molecule has 1 aliphatic rings. The molecule has 0 aromatic heterocycles. The average Bonchev–Trinajstić information content (AvgIpc) is 3.27. The molecule has 1 heterocycles. The van der Waals surface area contributed by atoms with E-state index in [9.17, 15) is 19.5 Å². The number of nitrogens with two attached hydrogens (primary N) is 1. The van der Waals surface area contributed by atoms with Gasteiger partial charge < -0.3 is 21.1 Å². The van der Waals surface area contributed by atoms with Crippen LogP contribution in [0.1, 0.15) is 57.1 Å². The van der Waals surface area contributed by atoms with Crippen molar-refractivity contribution in [3.8, 4) is 0 Å². The fraction of sp³-hybridized carbons (Fsp3) is 0.273. The van der Waals surface area contributed by atoms with Crippen molar-refractivity contribution < 1.29 is 19.5 Å². The summed E-state index contributed by atoms with van der Waals surface area (Å²) in [6, 6.07) is 10.1. The Balaban J connectivity index is 0.00000363. The molecular formula is C22H24Cl2N4O4. The van der Waals surface area contributed by atoms with Crippen LogP contribution in [0.5, 0.6) is 0 Å². The van der Waals surface area contributed by atoms with Crippen LogP contribution in [0.25, 0.3) is 0 Å². The van der Waals surface area contributed by atoms with Crippen molar-refractivity contribution in [1.29, 1.82) is 5.41 Å². The van der Waals surface area contributed by atoms with Gasteiger partial charge in [0.1, 0.15) is 5.84 Å². The highest BCUT2D eigenvalue weighted by Crippen LogP contribution is 2.23. The van der Waals surface area contributed by atoms with Gasteiger partial charge in [-0.15, -0.1) is 12.4 Å². The van der Waals surface area contributed by atoms with Crippen LogP contribution in [-0.4, -0.2) is 46.7 Å². The minimum Gasteiger partial charge on any atom is -0.481 e. The van der Waals surface area contributed by atoms with Crippen LogP contribution in [0.3, 0.4) is 0 Å². The Hall–Kier alpha value is -3.10. The Labute approximate surface area is 196 Å². The largest absolute Gasteiger partial charge is 0.481 e. The molecule has 8 nitrogen and oxygen atoms in total. The normalized spacial score (nSPS) is 13.7. The fourth-order valence-electron chi connectivity index (χ4n) is 3.51. The van der Waals surface area contributed by atoms with E-state index in [0.29, 0.717) is 29.8 Å². The summed E-state index contributed by atoms with van der Waals surface area (Å²) in [5.74, 6) is -1.95. The maximum atomic E-state index is 12.8. The Morgan fingerprint density at radius 1 is 1.12 bits per heavy atom. The summed E-state index contributed by atoms with van der Waals surface area (Å²) in [5, 5.41) is 19.7. The first-order chi connectivity index (χ1) is 14.8. The van der Waals surface area contributed by atoms with E-state index < -0.39 is 17.9 Å². The molecule has 1 unspecified atom stereocenters. The van der Waals surface area contributed by atoms with Crippen LogP contribution in [0, 0.1) is 5.41 Å². The van der Waals surface area contributed by atoms with Gasteiger partial charge in [-0.05, 0) is 42.7 Å². The number of carboxylic acid groups (broad SMARTS) is 1. The van der Waals surface area contributed by atoms with Gasteiger partial charge in [0.2, 0.25) is 0 Å². The summed E-state index contributed by atoms with van der Waals surface area (Å²) in [4.78, 5) is 38.4. The first kappa shape index (κ1) is 25.2. The number of hydrogen-bond donors (Lipinski definition) is 4. The highest BCUT2D eigenvalue weighted by atomic mass is 35.5. The van der Waals surface area contributed by atoms with Gasteiger partial charge in [0.05, 0.1) is 23.0 Å². The van der Waals surface area contributed by atoms with Crippen molar-refractivity contribution in [3.05, 3.63) is 69.7 Å². The number of carbonyl (C=O) groups is 3. The molecule has 0 bridgehead atoms. The molecule has 2 amide bonds. The van der Waals surface area contributed by atoms with Gasteiger partial charge >= 0.3 is 5.97 Å². The molecule has 170 valence electrons. The standard InChI is InChI=1S/C22H23ClN4O4.ClH/c23-17-11-15(6-7-16(17)22(31)27-8-1-2-9-27)21(30)26-18(12-19(28)29)13-4-3-5-14(10-13)20(24)25;/h3-7,10-11,18H,1-2,8-9,12H2,(H3,24,25)(H,26,30)(H,28,29);1H. The molecule has 1 saturated heterocycles. The monoisotopic (exact) mass is 478 g/mol. The number of amides is 2. The summed E-state index contributed by atoms with van der Waals surface area (Å²) >= 11 is 6.28. The van der Waals surface area contributed by atoms with Gasteiger partial charge in [-0.1, -0.05) is 29.8 Å². The summed E-state index contributed by atoms with van der Waals surface area (Å²) in [5.41, 5.74) is 6.99. The smallest absolute Gasteiger partial charge is 0.305 e. The quantitative estimate of drug-likeness (QED) is 0.357. The predicted molar refractivity (Wildman–Crippen MR) is 124 cm³/mol. The molecule has 2 aromatic carbocycles. The first-order valence-electron chi connectivity index (χ1n) is 9.82. The minimum atomic E-state index is -1.09. The van der Waals surface area contributed by atoms with Crippen molar-refractivity contribution in [2.24, 2.45) is 5.73 Å². The molecule has 0 radical (unpaired) electrons. The molecular weight excluding hydrogens is 455 g/mol. The Kier molecular flexibility index (Phi) is 8.63. The number of hydrogen-bond acceptors (Lipinski definition) is 4.